The minimum absolute atomic E-state index is 0.00537. The number of hydrogen-bond donors (Lipinski definition) is 3. The van der Waals surface area contributed by atoms with E-state index in [9.17, 15) is 4.79 Å². The van der Waals surface area contributed by atoms with E-state index in [1.54, 1.807) is 13.3 Å². The standard InChI is InChI=1S/C17H21N3O2/c1-22-13-4-5-16-14(8-13)15(9-18-16)17(21)20-12-6-10-2-3-11(7-12)19-10/h4-5,8-12,18-19H,2-3,6-7H2,1H3,(H,20,21)/t10-,11-/m1/s1. The van der Waals surface area contributed by atoms with Crippen LogP contribution in [0.2, 0.25) is 0 Å². The number of methoxy groups -OCH3 is 1. The molecule has 3 heterocycles. The molecule has 1 aromatic heterocycles. The van der Waals surface area contributed by atoms with Gasteiger partial charge in [-0.25, -0.2) is 0 Å². The van der Waals surface area contributed by atoms with Gasteiger partial charge in [-0.15, -0.1) is 0 Å². The van der Waals surface area contributed by atoms with Crippen molar-refractivity contribution in [3.63, 3.8) is 0 Å². The Balaban J connectivity index is 1.55. The molecule has 3 N–H and O–H groups in total. The highest BCUT2D eigenvalue weighted by atomic mass is 16.5. The Kier molecular flexibility index (Phi) is 3.30. The van der Waals surface area contributed by atoms with E-state index in [1.807, 2.05) is 18.2 Å². The van der Waals surface area contributed by atoms with Crippen LogP contribution in [0, 0.1) is 0 Å². The van der Waals surface area contributed by atoms with Gasteiger partial charge >= 0.3 is 0 Å². The highest BCUT2D eigenvalue weighted by Gasteiger charge is 2.34. The van der Waals surface area contributed by atoms with Gasteiger partial charge in [-0.3, -0.25) is 4.79 Å². The maximum absolute atomic E-state index is 12.6. The third-order valence-electron chi connectivity index (χ3n) is 4.94. The zero-order valence-corrected chi connectivity index (χ0v) is 12.7. The summed E-state index contributed by atoms with van der Waals surface area (Å²) < 4.78 is 5.26. The van der Waals surface area contributed by atoms with Crippen LogP contribution in [0.25, 0.3) is 10.9 Å². The van der Waals surface area contributed by atoms with E-state index in [0.717, 1.165) is 29.5 Å². The number of H-pyrrole nitrogens is 1. The minimum atomic E-state index is 0.00537. The van der Waals surface area contributed by atoms with Crippen molar-refractivity contribution < 1.29 is 9.53 Å². The zero-order valence-electron chi connectivity index (χ0n) is 12.7. The predicted octanol–water partition coefficient (Wildman–Crippen LogP) is 2.19. The van der Waals surface area contributed by atoms with Crippen LogP contribution in [0.1, 0.15) is 36.0 Å². The number of aromatic nitrogens is 1. The molecule has 2 aliphatic heterocycles. The lowest BCUT2D eigenvalue weighted by atomic mass is 9.99. The highest BCUT2D eigenvalue weighted by Crippen LogP contribution is 2.28. The fourth-order valence-corrected chi connectivity index (χ4v) is 3.85. The van der Waals surface area contributed by atoms with Crippen molar-refractivity contribution >= 4 is 16.8 Å². The molecule has 1 aromatic carbocycles. The Bertz CT molecular complexity index is 697. The maximum Gasteiger partial charge on any atom is 0.253 e. The molecule has 2 saturated heterocycles. The second kappa shape index (κ2) is 5.32. The monoisotopic (exact) mass is 299 g/mol. The largest absolute Gasteiger partial charge is 0.497 e. The van der Waals surface area contributed by atoms with Crippen LogP contribution in [-0.4, -0.2) is 36.1 Å². The van der Waals surface area contributed by atoms with Crippen LogP contribution < -0.4 is 15.4 Å². The molecular weight excluding hydrogens is 278 g/mol. The quantitative estimate of drug-likeness (QED) is 0.814. The van der Waals surface area contributed by atoms with Crippen LogP contribution in [0.5, 0.6) is 5.75 Å². The van der Waals surface area contributed by atoms with Crippen molar-refractivity contribution in [2.24, 2.45) is 0 Å². The van der Waals surface area contributed by atoms with Crippen LogP contribution in [0.15, 0.2) is 24.4 Å². The van der Waals surface area contributed by atoms with Gasteiger partial charge in [0.25, 0.3) is 5.91 Å². The molecular formula is C17H21N3O2. The number of benzene rings is 1. The average Bonchev–Trinajstić information content (AvgIpc) is 3.09. The van der Waals surface area contributed by atoms with Crippen molar-refractivity contribution in [3.05, 3.63) is 30.0 Å². The molecule has 0 unspecified atom stereocenters. The zero-order chi connectivity index (χ0) is 15.1. The SMILES string of the molecule is COc1ccc2[nH]cc(C(=O)NC3C[C@H]4CC[C@H](C3)N4)c2c1. The van der Waals surface area contributed by atoms with E-state index in [0.29, 0.717) is 17.6 Å². The number of carbonyl (C=O) groups excluding carboxylic acids is 1. The topological polar surface area (TPSA) is 66.2 Å². The molecule has 22 heavy (non-hydrogen) atoms. The first-order valence-electron chi connectivity index (χ1n) is 7.95. The first-order chi connectivity index (χ1) is 10.7. The number of fused-ring (bicyclic) bond motifs is 3. The van der Waals surface area contributed by atoms with E-state index < -0.39 is 0 Å². The van der Waals surface area contributed by atoms with Crippen LogP contribution in [0.4, 0.5) is 0 Å². The number of rotatable bonds is 3. The lowest BCUT2D eigenvalue weighted by Gasteiger charge is -2.29. The fraction of sp³-hybridized carbons (Fsp3) is 0.471. The van der Waals surface area contributed by atoms with Crippen molar-refractivity contribution in [1.82, 2.24) is 15.6 Å². The molecule has 5 heteroatoms. The summed E-state index contributed by atoms with van der Waals surface area (Å²) >= 11 is 0. The lowest BCUT2D eigenvalue weighted by molar-refractivity contribution is 0.0925. The average molecular weight is 299 g/mol. The number of piperidine rings is 1. The smallest absolute Gasteiger partial charge is 0.253 e. The van der Waals surface area contributed by atoms with Gasteiger partial charge in [0.1, 0.15) is 5.75 Å². The van der Waals surface area contributed by atoms with Gasteiger partial charge in [0.2, 0.25) is 0 Å². The van der Waals surface area contributed by atoms with E-state index in [1.165, 1.54) is 12.8 Å². The number of hydrogen-bond acceptors (Lipinski definition) is 3. The molecule has 4 rings (SSSR count). The lowest BCUT2D eigenvalue weighted by Crippen LogP contribution is -2.48. The summed E-state index contributed by atoms with van der Waals surface area (Å²) in [6, 6.07) is 7.18. The first kappa shape index (κ1) is 13.6. The summed E-state index contributed by atoms with van der Waals surface area (Å²) in [4.78, 5) is 15.8. The van der Waals surface area contributed by atoms with E-state index >= 15 is 0 Å². The Morgan fingerprint density at radius 2 is 2.05 bits per heavy atom. The summed E-state index contributed by atoms with van der Waals surface area (Å²) in [5.74, 6) is 0.770. The summed E-state index contributed by atoms with van der Waals surface area (Å²) in [6.07, 6.45) is 6.33. The van der Waals surface area contributed by atoms with E-state index in [-0.39, 0.29) is 11.9 Å². The van der Waals surface area contributed by atoms with Crippen LogP contribution in [0.3, 0.4) is 0 Å². The van der Waals surface area contributed by atoms with Crippen LogP contribution >= 0.6 is 0 Å². The Labute approximate surface area is 129 Å². The van der Waals surface area contributed by atoms with Gasteiger partial charge in [-0.05, 0) is 43.9 Å². The Hall–Kier alpha value is -2.01. The van der Waals surface area contributed by atoms with Gasteiger partial charge < -0.3 is 20.4 Å². The van der Waals surface area contributed by atoms with Crippen molar-refractivity contribution in [1.29, 1.82) is 0 Å². The van der Waals surface area contributed by atoms with Crippen molar-refractivity contribution in [3.8, 4) is 5.75 Å². The summed E-state index contributed by atoms with van der Waals surface area (Å²) in [5, 5.41) is 7.72. The molecule has 1 amide bonds. The van der Waals surface area contributed by atoms with Crippen molar-refractivity contribution in [2.75, 3.05) is 7.11 Å². The Morgan fingerprint density at radius 3 is 2.77 bits per heavy atom. The molecule has 0 spiro atoms. The number of amides is 1. The molecule has 2 aliphatic rings. The maximum atomic E-state index is 12.6. The number of aromatic amines is 1. The second-order valence-corrected chi connectivity index (χ2v) is 6.39. The molecule has 2 fully saturated rings. The van der Waals surface area contributed by atoms with E-state index in [2.05, 4.69) is 15.6 Å². The third kappa shape index (κ3) is 2.35. The van der Waals surface area contributed by atoms with Gasteiger partial charge in [-0.2, -0.15) is 0 Å². The van der Waals surface area contributed by atoms with Gasteiger partial charge in [0, 0.05) is 35.2 Å². The van der Waals surface area contributed by atoms with Gasteiger partial charge in [0.15, 0.2) is 0 Å². The summed E-state index contributed by atoms with van der Waals surface area (Å²) in [5.41, 5.74) is 1.65. The third-order valence-corrected chi connectivity index (χ3v) is 4.94. The van der Waals surface area contributed by atoms with E-state index in [4.69, 9.17) is 4.74 Å². The highest BCUT2D eigenvalue weighted by molar-refractivity contribution is 6.07. The number of nitrogens with one attached hydrogen (secondary N) is 3. The van der Waals surface area contributed by atoms with Crippen LogP contribution in [-0.2, 0) is 0 Å². The molecule has 0 aliphatic carbocycles. The Morgan fingerprint density at radius 1 is 1.27 bits per heavy atom. The normalized spacial score (nSPS) is 27.0. The van der Waals surface area contributed by atoms with Crippen molar-refractivity contribution in [2.45, 2.75) is 43.8 Å². The number of ether oxygens (including phenoxy) is 1. The summed E-state index contributed by atoms with van der Waals surface area (Å²) in [6.45, 7) is 0. The first-order valence-corrected chi connectivity index (χ1v) is 7.95. The van der Waals surface area contributed by atoms with Gasteiger partial charge in [0.05, 0.1) is 12.7 Å². The minimum Gasteiger partial charge on any atom is -0.497 e. The molecule has 0 saturated carbocycles. The summed E-state index contributed by atoms with van der Waals surface area (Å²) in [7, 11) is 1.64. The van der Waals surface area contributed by atoms with Gasteiger partial charge in [-0.1, -0.05) is 0 Å². The predicted molar refractivity (Wildman–Crippen MR) is 85.3 cm³/mol. The second-order valence-electron chi connectivity index (χ2n) is 6.39. The molecule has 2 aromatic rings. The molecule has 2 bridgehead atoms. The molecule has 0 radical (unpaired) electrons. The molecule has 116 valence electrons. The fourth-order valence-electron chi connectivity index (χ4n) is 3.85. The number of carbonyl (C=O) groups is 1. The molecule has 5 nitrogen and oxygen atoms in total. The molecule has 2 atom stereocenters.